The number of anilines is 1. The third kappa shape index (κ3) is 4.44. The molecule has 30 heavy (non-hydrogen) atoms. The molecular formula is C24H22N4OS. The number of H-pyrrole nitrogens is 1. The van der Waals surface area contributed by atoms with E-state index in [2.05, 4.69) is 15.3 Å². The highest BCUT2D eigenvalue weighted by Gasteiger charge is 2.20. The van der Waals surface area contributed by atoms with E-state index in [0.29, 0.717) is 11.0 Å². The second-order valence-electron chi connectivity index (χ2n) is 6.92. The van der Waals surface area contributed by atoms with Crippen LogP contribution in [0.2, 0.25) is 0 Å². The lowest BCUT2D eigenvalue weighted by Crippen LogP contribution is -2.23. The van der Waals surface area contributed by atoms with Crippen LogP contribution in [-0.4, -0.2) is 26.1 Å². The number of thioether (sulfide) groups is 1. The zero-order chi connectivity index (χ0) is 20.9. The van der Waals surface area contributed by atoms with Crippen LogP contribution in [0.25, 0.3) is 22.5 Å². The van der Waals surface area contributed by atoms with Gasteiger partial charge in [-0.05, 0) is 25.5 Å². The molecule has 0 bridgehead atoms. The van der Waals surface area contributed by atoms with Gasteiger partial charge in [-0.15, -0.1) is 0 Å². The van der Waals surface area contributed by atoms with Gasteiger partial charge in [0, 0.05) is 17.3 Å². The summed E-state index contributed by atoms with van der Waals surface area (Å²) in [4.78, 5) is 25.2. The van der Waals surface area contributed by atoms with Crippen LogP contribution in [0.1, 0.15) is 12.5 Å². The molecule has 0 aliphatic heterocycles. The van der Waals surface area contributed by atoms with Crippen LogP contribution in [0.15, 0.2) is 84.1 Å². The van der Waals surface area contributed by atoms with Crippen molar-refractivity contribution in [3.05, 3.63) is 84.6 Å². The number of hydrogen-bond donors (Lipinski definition) is 2. The normalized spacial score (nSPS) is 11.8. The van der Waals surface area contributed by atoms with Gasteiger partial charge >= 0.3 is 0 Å². The van der Waals surface area contributed by atoms with Crippen LogP contribution in [0.5, 0.6) is 0 Å². The Morgan fingerprint density at radius 2 is 1.63 bits per heavy atom. The van der Waals surface area contributed by atoms with Crippen molar-refractivity contribution < 1.29 is 4.79 Å². The lowest BCUT2D eigenvalue weighted by molar-refractivity contribution is -0.115. The highest BCUT2D eigenvalue weighted by Crippen LogP contribution is 2.33. The molecule has 0 saturated carbocycles. The maximum atomic E-state index is 12.7. The smallest absolute Gasteiger partial charge is 0.238 e. The minimum Gasteiger partial charge on any atom is -0.332 e. The van der Waals surface area contributed by atoms with E-state index in [1.54, 1.807) is 6.20 Å². The number of amides is 1. The Morgan fingerprint density at radius 3 is 2.30 bits per heavy atom. The maximum Gasteiger partial charge on any atom is 0.238 e. The van der Waals surface area contributed by atoms with Gasteiger partial charge in [0.05, 0.1) is 16.6 Å². The molecular weight excluding hydrogens is 392 g/mol. The van der Waals surface area contributed by atoms with Crippen LogP contribution in [-0.2, 0) is 4.79 Å². The molecule has 0 radical (unpaired) electrons. The van der Waals surface area contributed by atoms with Gasteiger partial charge in [-0.25, -0.2) is 9.97 Å². The van der Waals surface area contributed by atoms with Crippen LogP contribution < -0.4 is 5.32 Å². The first-order valence-electron chi connectivity index (χ1n) is 9.72. The van der Waals surface area contributed by atoms with Crippen molar-refractivity contribution in [2.24, 2.45) is 0 Å². The summed E-state index contributed by atoms with van der Waals surface area (Å²) >= 11 is 1.39. The van der Waals surface area contributed by atoms with Crippen molar-refractivity contribution >= 4 is 23.5 Å². The Morgan fingerprint density at radius 1 is 0.967 bits per heavy atom. The lowest BCUT2D eigenvalue weighted by Gasteiger charge is -2.11. The summed E-state index contributed by atoms with van der Waals surface area (Å²) in [5.74, 6) is 0.477. The first-order chi connectivity index (χ1) is 14.6. The molecule has 2 aromatic heterocycles. The van der Waals surface area contributed by atoms with Crippen LogP contribution in [0.4, 0.5) is 5.82 Å². The van der Waals surface area contributed by atoms with Gasteiger partial charge in [-0.2, -0.15) is 0 Å². The van der Waals surface area contributed by atoms with Crippen molar-refractivity contribution in [1.29, 1.82) is 0 Å². The molecule has 4 rings (SSSR count). The number of aromatic nitrogens is 3. The minimum absolute atomic E-state index is 0.110. The number of nitrogens with zero attached hydrogens (tertiary/aromatic N) is 2. The molecule has 1 atom stereocenters. The largest absolute Gasteiger partial charge is 0.332 e. The van der Waals surface area contributed by atoms with Gasteiger partial charge in [0.15, 0.2) is 5.16 Å². The fourth-order valence-electron chi connectivity index (χ4n) is 3.08. The standard InChI is InChI=1S/C24H22N4OS/c1-16-10-9-15-25-22(16)28-23(29)17(2)30-24-26-20(18-11-5-3-6-12-18)21(27-24)19-13-7-4-8-14-19/h3-15,17H,1-2H3,(H,26,27)(H,25,28,29). The van der Waals surface area contributed by atoms with E-state index < -0.39 is 0 Å². The first kappa shape index (κ1) is 19.9. The summed E-state index contributed by atoms with van der Waals surface area (Å²) in [6, 6.07) is 23.9. The Bertz CT molecular complexity index is 1090. The molecule has 5 nitrogen and oxygen atoms in total. The Balaban J connectivity index is 1.59. The van der Waals surface area contributed by atoms with Crippen molar-refractivity contribution in [2.75, 3.05) is 5.32 Å². The van der Waals surface area contributed by atoms with Gasteiger partial charge in [-0.1, -0.05) is 78.5 Å². The predicted octanol–water partition coefficient (Wildman–Crippen LogP) is 5.57. The number of hydrogen-bond acceptors (Lipinski definition) is 4. The number of carbonyl (C=O) groups excluding carboxylic acids is 1. The van der Waals surface area contributed by atoms with E-state index in [4.69, 9.17) is 4.98 Å². The molecule has 0 fully saturated rings. The van der Waals surface area contributed by atoms with E-state index in [1.165, 1.54) is 11.8 Å². The fourth-order valence-corrected chi connectivity index (χ4v) is 3.89. The number of aromatic amines is 1. The van der Waals surface area contributed by atoms with Gasteiger partial charge in [-0.3, -0.25) is 4.79 Å². The molecule has 1 unspecified atom stereocenters. The van der Waals surface area contributed by atoms with Crippen LogP contribution in [0, 0.1) is 6.92 Å². The Labute approximate surface area is 180 Å². The molecule has 0 spiro atoms. The van der Waals surface area contributed by atoms with Gasteiger partial charge in [0.1, 0.15) is 5.82 Å². The lowest BCUT2D eigenvalue weighted by atomic mass is 10.1. The second-order valence-corrected chi connectivity index (χ2v) is 8.25. The van der Waals surface area contributed by atoms with Gasteiger partial charge in [0.25, 0.3) is 0 Å². The third-order valence-corrected chi connectivity index (χ3v) is 5.68. The number of carbonyl (C=O) groups is 1. The Kier molecular flexibility index (Phi) is 5.95. The fraction of sp³-hybridized carbons (Fsp3) is 0.125. The number of nitrogens with one attached hydrogen (secondary N) is 2. The Hall–Kier alpha value is -3.38. The number of aryl methyl sites for hydroxylation is 1. The topological polar surface area (TPSA) is 70.7 Å². The van der Waals surface area contributed by atoms with Crippen molar-refractivity contribution in [3.63, 3.8) is 0 Å². The highest BCUT2D eigenvalue weighted by molar-refractivity contribution is 8.00. The third-order valence-electron chi connectivity index (χ3n) is 4.70. The summed E-state index contributed by atoms with van der Waals surface area (Å²) in [7, 11) is 0. The average molecular weight is 415 g/mol. The van der Waals surface area contributed by atoms with E-state index >= 15 is 0 Å². The molecule has 0 aliphatic rings. The monoisotopic (exact) mass is 414 g/mol. The van der Waals surface area contributed by atoms with E-state index in [-0.39, 0.29) is 11.2 Å². The number of pyridine rings is 1. The van der Waals surface area contributed by atoms with Crippen molar-refractivity contribution in [3.8, 4) is 22.5 Å². The zero-order valence-electron chi connectivity index (χ0n) is 16.8. The van der Waals surface area contributed by atoms with Crippen molar-refractivity contribution in [2.45, 2.75) is 24.3 Å². The van der Waals surface area contributed by atoms with Gasteiger partial charge < -0.3 is 10.3 Å². The summed E-state index contributed by atoms with van der Waals surface area (Å²) in [5, 5.41) is 3.26. The van der Waals surface area contributed by atoms with E-state index in [0.717, 1.165) is 28.1 Å². The minimum atomic E-state index is -0.343. The highest BCUT2D eigenvalue weighted by atomic mass is 32.2. The SMILES string of the molecule is Cc1cccnc1NC(=O)C(C)Sc1nc(-c2ccccc2)c(-c2ccccc2)[nH]1. The zero-order valence-corrected chi connectivity index (χ0v) is 17.6. The molecule has 6 heteroatoms. The van der Waals surface area contributed by atoms with Crippen LogP contribution >= 0.6 is 11.8 Å². The maximum absolute atomic E-state index is 12.7. The summed E-state index contributed by atoms with van der Waals surface area (Å²) in [5.41, 5.74) is 4.83. The number of rotatable bonds is 6. The molecule has 0 aliphatic carbocycles. The quantitative estimate of drug-likeness (QED) is 0.405. The predicted molar refractivity (Wildman–Crippen MR) is 122 cm³/mol. The summed E-state index contributed by atoms with van der Waals surface area (Å²) < 4.78 is 0. The molecule has 1 amide bonds. The molecule has 4 aromatic rings. The number of benzene rings is 2. The summed E-state index contributed by atoms with van der Waals surface area (Å²) in [6.45, 7) is 3.79. The average Bonchev–Trinajstić information content (AvgIpc) is 3.20. The molecule has 0 saturated heterocycles. The summed E-state index contributed by atoms with van der Waals surface area (Å²) in [6.07, 6.45) is 1.67. The van der Waals surface area contributed by atoms with Gasteiger partial charge in [0.2, 0.25) is 5.91 Å². The first-order valence-corrected chi connectivity index (χ1v) is 10.6. The molecule has 150 valence electrons. The molecule has 2 N–H and O–H groups in total. The number of imidazole rings is 1. The molecule has 2 aromatic carbocycles. The van der Waals surface area contributed by atoms with Crippen molar-refractivity contribution in [1.82, 2.24) is 15.0 Å². The second kappa shape index (κ2) is 8.97. The van der Waals surface area contributed by atoms with E-state index in [1.807, 2.05) is 86.6 Å². The molecule has 2 heterocycles. The van der Waals surface area contributed by atoms with Crippen LogP contribution in [0.3, 0.4) is 0 Å². The van der Waals surface area contributed by atoms with E-state index in [9.17, 15) is 4.79 Å².